The molecular weight excluding hydrogens is 393 g/mol. The first-order chi connectivity index (χ1) is 15.1. The summed E-state index contributed by atoms with van der Waals surface area (Å²) in [6, 6.07) is 13.9. The highest BCUT2D eigenvalue weighted by atomic mass is 19.1. The normalized spacial score (nSPS) is 10.6. The van der Waals surface area contributed by atoms with E-state index in [1.54, 1.807) is 42.7 Å². The predicted molar refractivity (Wildman–Crippen MR) is 119 cm³/mol. The van der Waals surface area contributed by atoms with Crippen LogP contribution in [0.15, 0.2) is 60.9 Å². The Morgan fingerprint density at radius 2 is 2.06 bits per heavy atom. The van der Waals surface area contributed by atoms with Crippen molar-refractivity contribution >= 4 is 24.0 Å². The van der Waals surface area contributed by atoms with Crippen LogP contribution in [0.3, 0.4) is 0 Å². The maximum absolute atomic E-state index is 13.4. The Kier molecular flexibility index (Phi) is 7.44. The van der Waals surface area contributed by atoms with Gasteiger partial charge in [-0.25, -0.2) is 9.37 Å². The lowest BCUT2D eigenvalue weighted by Crippen LogP contribution is -2.23. The molecule has 0 spiro atoms. The summed E-state index contributed by atoms with van der Waals surface area (Å²) < 4.78 is 13.4. The van der Waals surface area contributed by atoms with Gasteiger partial charge in [-0.2, -0.15) is 5.26 Å². The summed E-state index contributed by atoms with van der Waals surface area (Å²) >= 11 is 0. The number of allylic oxidation sites excluding steroid dienone is 1. The van der Waals surface area contributed by atoms with Crippen LogP contribution < -0.4 is 10.2 Å². The first-order valence-electron chi connectivity index (χ1n) is 9.81. The number of anilines is 2. The van der Waals surface area contributed by atoms with E-state index in [2.05, 4.69) is 21.4 Å². The van der Waals surface area contributed by atoms with Gasteiger partial charge in [0, 0.05) is 18.9 Å². The Labute approximate surface area is 180 Å². The molecule has 0 aliphatic carbocycles. The summed E-state index contributed by atoms with van der Waals surface area (Å²) in [7, 11) is 0. The molecule has 156 valence electrons. The largest absolute Gasteiger partial charge is 0.368 e. The summed E-state index contributed by atoms with van der Waals surface area (Å²) in [5.41, 5.74) is 3.05. The Bertz CT molecular complexity index is 1110. The highest BCUT2D eigenvalue weighted by Crippen LogP contribution is 2.28. The number of halogens is 1. The van der Waals surface area contributed by atoms with Crippen LogP contribution in [0.25, 0.3) is 6.08 Å². The van der Waals surface area contributed by atoms with E-state index in [4.69, 9.17) is 0 Å². The van der Waals surface area contributed by atoms with E-state index in [1.165, 1.54) is 17.0 Å². The first-order valence-corrected chi connectivity index (χ1v) is 9.81. The summed E-state index contributed by atoms with van der Waals surface area (Å²) in [4.78, 5) is 22.1. The third-order valence-electron chi connectivity index (χ3n) is 4.58. The predicted octanol–water partition coefficient (Wildman–Crippen LogP) is 4.34. The lowest BCUT2D eigenvalue weighted by atomic mass is 10.1. The minimum Gasteiger partial charge on any atom is -0.368 e. The summed E-state index contributed by atoms with van der Waals surface area (Å²) in [6.07, 6.45) is 8.16. The van der Waals surface area contributed by atoms with Gasteiger partial charge < -0.3 is 10.2 Å². The third kappa shape index (κ3) is 5.73. The minimum atomic E-state index is -0.284. The van der Waals surface area contributed by atoms with Crippen LogP contribution >= 0.6 is 0 Å². The third-order valence-corrected chi connectivity index (χ3v) is 4.58. The second kappa shape index (κ2) is 10.6. The molecule has 2 aromatic heterocycles. The average molecular weight is 415 g/mol. The number of hydrogen-bond acceptors (Lipinski definition) is 5. The van der Waals surface area contributed by atoms with Crippen LogP contribution in [0.1, 0.15) is 29.3 Å². The van der Waals surface area contributed by atoms with Crippen molar-refractivity contribution in [1.29, 1.82) is 5.26 Å². The second-order valence-electron chi connectivity index (χ2n) is 6.80. The topological polar surface area (TPSA) is 81.9 Å². The van der Waals surface area contributed by atoms with Crippen LogP contribution in [0.5, 0.6) is 0 Å². The van der Waals surface area contributed by atoms with Gasteiger partial charge in [0.15, 0.2) is 5.82 Å². The number of nitrogens with one attached hydrogen (secondary N) is 1. The quantitative estimate of drug-likeness (QED) is 0.526. The molecule has 2 heterocycles. The zero-order valence-corrected chi connectivity index (χ0v) is 17.1. The molecule has 0 bridgehead atoms. The Morgan fingerprint density at radius 1 is 1.23 bits per heavy atom. The summed E-state index contributed by atoms with van der Waals surface area (Å²) in [5, 5.41) is 12.8. The molecule has 0 atom stereocenters. The van der Waals surface area contributed by atoms with Gasteiger partial charge in [0.1, 0.15) is 11.9 Å². The molecule has 1 N–H and O–H groups in total. The second-order valence-corrected chi connectivity index (χ2v) is 6.80. The lowest BCUT2D eigenvalue weighted by Gasteiger charge is -2.22. The van der Waals surface area contributed by atoms with E-state index in [9.17, 15) is 14.4 Å². The number of hydrogen-bond donors (Lipinski definition) is 1. The van der Waals surface area contributed by atoms with Gasteiger partial charge in [-0.15, -0.1) is 0 Å². The molecule has 3 aromatic rings. The van der Waals surface area contributed by atoms with Crippen molar-refractivity contribution in [3.05, 3.63) is 89.1 Å². The Balaban J connectivity index is 1.91. The number of benzene rings is 1. The zero-order valence-electron chi connectivity index (χ0n) is 17.1. The highest BCUT2D eigenvalue weighted by molar-refractivity contribution is 5.83. The molecule has 0 unspecified atom stereocenters. The highest BCUT2D eigenvalue weighted by Gasteiger charge is 2.16. The van der Waals surface area contributed by atoms with Gasteiger partial charge in [-0.05, 0) is 54.8 Å². The van der Waals surface area contributed by atoms with Gasteiger partial charge in [-0.1, -0.05) is 24.3 Å². The van der Waals surface area contributed by atoms with Crippen molar-refractivity contribution in [2.24, 2.45) is 0 Å². The summed E-state index contributed by atoms with van der Waals surface area (Å²) in [6.45, 7) is 2.60. The van der Waals surface area contributed by atoms with E-state index < -0.39 is 0 Å². The van der Waals surface area contributed by atoms with E-state index in [0.717, 1.165) is 11.1 Å². The molecule has 6 nitrogen and oxygen atoms in total. The van der Waals surface area contributed by atoms with Gasteiger partial charge >= 0.3 is 0 Å². The maximum atomic E-state index is 13.4. The van der Waals surface area contributed by atoms with Crippen LogP contribution in [0.2, 0.25) is 0 Å². The van der Waals surface area contributed by atoms with Crippen molar-refractivity contribution in [2.45, 2.75) is 19.9 Å². The van der Waals surface area contributed by atoms with Crippen LogP contribution in [0, 0.1) is 17.1 Å². The number of rotatable bonds is 9. The van der Waals surface area contributed by atoms with Crippen molar-refractivity contribution in [1.82, 2.24) is 9.97 Å². The number of nitrogens with zero attached hydrogens (tertiary/aromatic N) is 4. The fourth-order valence-electron chi connectivity index (χ4n) is 3.13. The van der Waals surface area contributed by atoms with E-state index in [-0.39, 0.29) is 12.4 Å². The van der Waals surface area contributed by atoms with Gasteiger partial charge in [0.05, 0.1) is 23.5 Å². The molecule has 31 heavy (non-hydrogen) atoms. The molecule has 0 radical (unpaired) electrons. The smallest absolute Gasteiger partial charge is 0.214 e. The van der Waals surface area contributed by atoms with E-state index >= 15 is 0 Å². The average Bonchev–Trinajstić information content (AvgIpc) is 2.79. The number of aromatic nitrogens is 2. The van der Waals surface area contributed by atoms with Crippen molar-refractivity contribution in [3.63, 3.8) is 0 Å². The van der Waals surface area contributed by atoms with E-state index in [1.807, 2.05) is 19.1 Å². The van der Waals surface area contributed by atoms with Crippen LogP contribution in [0.4, 0.5) is 15.9 Å². The summed E-state index contributed by atoms with van der Waals surface area (Å²) in [5.74, 6) is 0.188. The number of carbonyl (C=O) groups is 1. The number of nitriles is 1. The first kappa shape index (κ1) is 21.7. The monoisotopic (exact) mass is 415 g/mol. The van der Waals surface area contributed by atoms with Crippen molar-refractivity contribution in [2.75, 3.05) is 16.8 Å². The molecule has 0 fully saturated rings. The minimum absolute atomic E-state index is 0.283. The SMILES string of the molecule is C/C=C/c1nc(NCCc2cccc(F)c2)c(N(C=O)Cc2cccnc2)cc1C#N. The molecule has 0 aliphatic heterocycles. The Morgan fingerprint density at radius 3 is 2.74 bits per heavy atom. The molecule has 3 rings (SSSR count). The molecule has 0 saturated heterocycles. The lowest BCUT2D eigenvalue weighted by molar-refractivity contribution is -0.107. The van der Waals surface area contributed by atoms with Crippen molar-refractivity contribution in [3.8, 4) is 6.07 Å². The molecular formula is C24H22FN5O. The molecule has 0 saturated carbocycles. The van der Waals surface area contributed by atoms with Gasteiger partial charge in [-0.3, -0.25) is 9.78 Å². The fraction of sp³-hybridized carbons (Fsp3) is 0.167. The van der Waals surface area contributed by atoms with Gasteiger partial charge in [0.2, 0.25) is 6.41 Å². The van der Waals surface area contributed by atoms with Crippen LogP contribution in [-0.4, -0.2) is 22.9 Å². The zero-order chi connectivity index (χ0) is 22.1. The Hall–Kier alpha value is -4.05. The number of carbonyl (C=O) groups excluding carboxylic acids is 1. The van der Waals surface area contributed by atoms with Crippen molar-refractivity contribution < 1.29 is 9.18 Å². The van der Waals surface area contributed by atoms with Gasteiger partial charge in [0.25, 0.3) is 0 Å². The molecule has 7 heteroatoms. The number of amides is 1. The standard InChI is InChI=1S/C24H22FN5O/c1-2-5-22-20(14-26)13-23(30(17-31)16-19-7-4-10-27-15-19)24(29-22)28-11-9-18-6-3-8-21(25)12-18/h2-8,10,12-13,15,17H,9,11,16H2,1H3,(H,28,29)/b5-2+. The molecule has 1 amide bonds. The maximum Gasteiger partial charge on any atom is 0.214 e. The van der Waals surface area contributed by atoms with E-state index in [0.29, 0.717) is 42.1 Å². The molecule has 1 aromatic carbocycles. The number of pyridine rings is 2. The van der Waals surface area contributed by atoms with Crippen LogP contribution in [-0.2, 0) is 17.8 Å². The molecule has 0 aliphatic rings. The fourth-order valence-corrected chi connectivity index (χ4v) is 3.13.